The first kappa shape index (κ1) is 16.4. The van der Waals surface area contributed by atoms with Gasteiger partial charge in [-0.05, 0) is 52.7 Å². The molecule has 3 rings (SSSR count). The fourth-order valence-corrected chi connectivity index (χ4v) is 2.76. The van der Waals surface area contributed by atoms with Crippen LogP contribution in [-0.2, 0) is 16.0 Å². The molecular weight excluding hydrogens is 379 g/mol. The minimum absolute atomic E-state index is 0.0950. The van der Waals surface area contributed by atoms with E-state index in [-0.39, 0.29) is 18.2 Å². The molecule has 0 spiro atoms. The van der Waals surface area contributed by atoms with Gasteiger partial charge in [0.15, 0.2) is 6.10 Å². The molecule has 1 aliphatic rings. The van der Waals surface area contributed by atoms with Gasteiger partial charge in [0, 0.05) is 5.69 Å². The molecule has 0 saturated heterocycles. The van der Waals surface area contributed by atoms with E-state index in [2.05, 4.69) is 26.6 Å². The van der Waals surface area contributed by atoms with Crippen LogP contribution in [0.3, 0.4) is 0 Å². The average molecular weight is 393 g/mol. The summed E-state index contributed by atoms with van der Waals surface area (Å²) < 4.78 is 19.7. The summed E-state index contributed by atoms with van der Waals surface area (Å²) in [6.07, 6.45) is -0.653. The van der Waals surface area contributed by atoms with Gasteiger partial charge in [-0.2, -0.15) is 0 Å². The van der Waals surface area contributed by atoms with Gasteiger partial charge in [-0.3, -0.25) is 9.59 Å². The fourth-order valence-electron chi connectivity index (χ4n) is 2.35. The number of fused-ring (bicyclic) bond motifs is 1. The lowest BCUT2D eigenvalue weighted by Gasteiger charge is -2.23. The first-order valence-electron chi connectivity index (χ1n) is 7.28. The minimum Gasteiger partial charge on any atom is -0.479 e. The quantitative estimate of drug-likeness (QED) is 0.839. The van der Waals surface area contributed by atoms with Crippen molar-refractivity contribution < 1.29 is 18.7 Å². The highest BCUT2D eigenvalue weighted by Crippen LogP contribution is 2.32. The van der Waals surface area contributed by atoms with E-state index in [0.717, 1.165) is 0 Å². The molecule has 1 aliphatic heterocycles. The number of amides is 2. The van der Waals surface area contributed by atoms with Crippen LogP contribution in [0, 0.1) is 5.82 Å². The number of benzene rings is 2. The maximum absolute atomic E-state index is 13.9. The summed E-state index contributed by atoms with van der Waals surface area (Å²) >= 11 is 3.09. The summed E-state index contributed by atoms with van der Waals surface area (Å²) in [6.45, 7) is 1.65. The number of ether oxygens (including phenoxy) is 1. The van der Waals surface area contributed by atoms with Crippen LogP contribution in [-0.4, -0.2) is 17.9 Å². The van der Waals surface area contributed by atoms with Crippen molar-refractivity contribution in [1.82, 2.24) is 0 Å². The van der Waals surface area contributed by atoms with Crippen molar-refractivity contribution in [2.24, 2.45) is 0 Å². The smallest absolute Gasteiger partial charge is 0.265 e. The van der Waals surface area contributed by atoms with Crippen LogP contribution < -0.4 is 15.4 Å². The zero-order valence-corrected chi connectivity index (χ0v) is 14.3. The Kier molecular flexibility index (Phi) is 4.53. The van der Waals surface area contributed by atoms with Gasteiger partial charge in [0.1, 0.15) is 11.6 Å². The van der Waals surface area contributed by atoms with Crippen LogP contribution in [0.5, 0.6) is 5.75 Å². The SMILES string of the molecule is CC1Oc2ccc(NC(=O)Cc3cccc(Br)c3F)cc2NC1=O. The number of carbonyl (C=O) groups excluding carboxylic acids is 2. The van der Waals surface area contributed by atoms with E-state index in [1.165, 1.54) is 0 Å². The van der Waals surface area contributed by atoms with Gasteiger partial charge in [-0.25, -0.2) is 4.39 Å². The lowest BCUT2D eigenvalue weighted by Crippen LogP contribution is -2.34. The molecule has 2 N–H and O–H groups in total. The molecule has 0 bridgehead atoms. The molecule has 0 aromatic heterocycles. The van der Waals surface area contributed by atoms with Crippen LogP contribution in [0.25, 0.3) is 0 Å². The van der Waals surface area contributed by atoms with Crippen LogP contribution >= 0.6 is 15.9 Å². The van der Waals surface area contributed by atoms with Gasteiger partial charge >= 0.3 is 0 Å². The molecular formula is C17H14BrFN2O3. The van der Waals surface area contributed by atoms with Gasteiger partial charge in [0.05, 0.1) is 16.6 Å². The molecule has 0 fully saturated rings. The van der Waals surface area contributed by atoms with Crippen LogP contribution in [0.15, 0.2) is 40.9 Å². The van der Waals surface area contributed by atoms with Crippen molar-refractivity contribution in [2.45, 2.75) is 19.4 Å². The first-order chi connectivity index (χ1) is 11.4. The van der Waals surface area contributed by atoms with Gasteiger partial charge in [-0.1, -0.05) is 12.1 Å². The zero-order chi connectivity index (χ0) is 17.3. The van der Waals surface area contributed by atoms with E-state index in [0.29, 0.717) is 27.2 Å². The van der Waals surface area contributed by atoms with Gasteiger partial charge < -0.3 is 15.4 Å². The summed E-state index contributed by atoms with van der Waals surface area (Å²) in [5.41, 5.74) is 1.28. The Bertz CT molecular complexity index is 825. The Morgan fingerprint density at radius 1 is 1.38 bits per heavy atom. The molecule has 7 heteroatoms. The number of nitrogens with one attached hydrogen (secondary N) is 2. The molecule has 2 aromatic rings. The molecule has 5 nitrogen and oxygen atoms in total. The third-order valence-electron chi connectivity index (χ3n) is 3.58. The highest BCUT2D eigenvalue weighted by Gasteiger charge is 2.23. The molecule has 0 radical (unpaired) electrons. The predicted octanol–water partition coefficient (Wildman–Crippen LogP) is 3.49. The second kappa shape index (κ2) is 6.60. The van der Waals surface area contributed by atoms with E-state index < -0.39 is 11.9 Å². The van der Waals surface area contributed by atoms with Crippen LogP contribution in [0.2, 0.25) is 0 Å². The number of hydrogen-bond donors (Lipinski definition) is 2. The fraction of sp³-hybridized carbons (Fsp3) is 0.176. The lowest BCUT2D eigenvalue weighted by atomic mass is 10.1. The molecule has 1 atom stereocenters. The van der Waals surface area contributed by atoms with Crippen molar-refractivity contribution in [1.29, 1.82) is 0 Å². The summed E-state index contributed by atoms with van der Waals surface area (Å²) in [5, 5.41) is 5.39. The standard InChI is InChI=1S/C17H14BrFN2O3/c1-9-17(23)21-13-8-11(5-6-14(13)24-9)20-15(22)7-10-3-2-4-12(18)16(10)19/h2-6,8-9H,7H2,1H3,(H,20,22)(H,21,23). The zero-order valence-electron chi connectivity index (χ0n) is 12.7. The summed E-state index contributed by atoms with van der Waals surface area (Å²) in [5.74, 6) is -0.517. The van der Waals surface area contributed by atoms with E-state index in [4.69, 9.17) is 4.74 Å². The molecule has 2 aromatic carbocycles. The van der Waals surface area contributed by atoms with Crippen molar-refractivity contribution in [3.8, 4) is 5.75 Å². The predicted molar refractivity (Wildman–Crippen MR) is 91.6 cm³/mol. The number of anilines is 2. The van der Waals surface area contributed by atoms with E-state index >= 15 is 0 Å². The van der Waals surface area contributed by atoms with E-state index in [1.54, 1.807) is 43.3 Å². The summed E-state index contributed by atoms with van der Waals surface area (Å²) in [6, 6.07) is 9.74. The number of halogens is 2. The Morgan fingerprint density at radius 3 is 2.96 bits per heavy atom. The largest absolute Gasteiger partial charge is 0.479 e. The number of hydrogen-bond acceptors (Lipinski definition) is 3. The molecule has 2 amide bonds. The van der Waals surface area contributed by atoms with Gasteiger partial charge in [0.2, 0.25) is 5.91 Å². The number of rotatable bonds is 3. The average Bonchev–Trinajstić information content (AvgIpc) is 2.53. The van der Waals surface area contributed by atoms with E-state index in [1.807, 2.05) is 0 Å². The topological polar surface area (TPSA) is 67.4 Å². The van der Waals surface area contributed by atoms with Crippen molar-refractivity contribution in [3.63, 3.8) is 0 Å². The number of carbonyl (C=O) groups is 2. The van der Waals surface area contributed by atoms with Crippen molar-refractivity contribution >= 4 is 39.1 Å². The Balaban J connectivity index is 1.72. The lowest BCUT2D eigenvalue weighted by molar-refractivity contribution is -0.122. The molecule has 1 unspecified atom stereocenters. The molecule has 0 saturated carbocycles. The van der Waals surface area contributed by atoms with E-state index in [9.17, 15) is 14.0 Å². The maximum atomic E-state index is 13.9. The van der Waals surface area contributed by atoms with Crippen molar-refractivity contribution in [2.75, 3.05) is 10.6 Å². The second-order valence-corrected chi connectivity index (χ2v) is 6.25. The third-order valence-corrected chi connectivity index (χ3v) is 4.19. The third kappa shape index (κ3) is 3.41. The maximum Gasteiger partial charge on any atom is 0.265 e. The Labute approximate surface area is 146 Å². The normalized spacial score (nSPS) is 16.0. The van der Waals surface area contributed by atoms with Crippen LogP contribution in [0.1, 0.15) is 12.5 Å². The minimum atomic E-state index is -0.558. The Morgan fingerprint density at radius 2 is 2.17 bits per heavy atom. The molecule has 124 valence electrons. The molecule has 24 heavy (non-hydrogen) atoms. The van der Waals surface area contributed by atoms with Gasteiger partial charge in [0.25, 0.3) is 5.91 Å². The second-order valence-electron chi connectivity index (χ2n) is 5.40. The van der Waals surface area contributed by atoms with Gasteiger partial charge in [-0.15, -0.1) is 0 Å². The molecule has 1 heterocycles. The summed E-state index contributed by atoms with van der Waals surface area (Å²) in [7, 11) is 0. The van der Waals surface area contributed by atoms with Crippen LogP contribution in [0.4, 0.5) is 15.8 Å². The molecule has 0 aliphatic carbocycles. The monoisotopic (exact) mass is 392 g/mol. The summed E-state index contributed by atoms with van der Waals surface area (Å²) in [4.78, 5) is 23.7. The first-order valence-corrected chi connectivity index (χ1v) is 8.07. The highest BCUT2D eigenvalue weighted by atomic mass is 79.9. The Hall–Kier alpha value is -2.41. The van der Waals surface area contributed by atoms with Crippen molar-refractivity contribution in [3.05, 3.63) is 52.3 Å². The highest BCUT2D eigenvalue weighted by molar-refractivity contribution is 9.10.